The van der Waals surface area contributed by atoms with Crippen molar-refractivity contribution in [2.45, 2.75) is 32.4 Å². The van der Waals surface area contributed by atoms with Crippen LogP contribution >= 0.6 is 0 Å². The number of hydrogen-bond acceptors (Lipinski definition) is 3. The zero-order chi connectivity index (χ0) is 14.7. The largest absolute Gasteiger partial charge is 0.369 e. The first-order valence-electron chi connectivity index (χ1n) is 6.73. The van der Waals surface area contributed by atoms with Gasteiger partial charge in [-0.15, -0.1) is 0 Å². The van der Waals surface area contributed by atoms with Crippen molar-refractivity contribution in [1.82, 2.24) is 4.90 Å². The van der Waals surface area contributed by atoms with Gasteiger partial charge in [-0.25, -0.2) is 4.39 Å². The second-order valence-corrected chi connectivity index (χ2v) is 5.37. The number of nitrogens with zero attached hydrogens (tertiary/aromatic N) is 2. The number of halogens is 1. The predicted molar refractivity (Wildman–Crippen MR) is 72.9 cm³/mol. The molecule has 20 heavy (non-hydrogen) atoms. The van der Waals surface area contributed by atoms with Crippen molar-refractivity contribution in [3.8, 4) is 6.07 Å². The lowest BCUT2D eigenvalue weighted by Crippen LogP contribution is -2.45. The Kier molecular flexibility index (Phi) is 4.35. The summed E-state index contributed by atoms with van der Waals surface area (Å²) in [5.41, 5.74) is 6.51. The molecule has 1 saturated heterocycles. The van der Waals surface area contributed by atoms with Crippen LogP contribution < -0.4 is 5.73 Å². The molecule has 2 atom stereocenters. The van der Waals surface area contributed by atoms with Gasteiger partial charge in [-0.2, -0.15) is 5.26 Å². The highest BCUT2D eigenvalue weighted by Crippen LogP contribution is 2.24. The number of primary amides is 1. The molecule has 1 heterocycles. The summed E-state index contributed by atoms with van der Waals surface area (Å²) in [7, 11) is 0. The minimum absolute atomic E-state index is 0.141. The monoisotopic (exact) mass is 275 g/mol. The number of amides is 1. The Bertz CT molecular complexity index is 553. The van der Waals surface area contributed by atoms with E-state index in [9.17, 15) is 9.18 Å². The molecule has 1 aliphatic rings. The molecule has 0 unspecified atom stereocenters. The Morgan fingerprint density at radius 2 is 2.30 bits per heavy atom. The maximum atomic E-state index is 13.1. The molecule has 0 radical (unpaired) electrons. The lowest BCUT2D eigenvalue weighted by molar-refractivity contribution is -0.124. The first-order valence-corrected chi connectivity index (χ1v) is 6.73. The average molecular weight is 275 g/mol. The summed E-state index contributed by atoms with van der Waals surface area (Å²) in [6.45, 7) is 3.22. The van der Waals surface area contributed by atoms with Gasteiger partial charge in [0, 0.05) is 19.1 Å². The van der Waals surface area contributed by atoms with Gasteiger partial charge >= 0.3 is 0 Å². The first kappa shape index (κ1) is 14.5. The second kappa shape index (κ2) is 6.02. The molecule has 1 aromatic carbocycles. The number of carbonyl (C=O) groups excluding carboxylic acids is 1. The smallest absolute Gasteiger partial charge is 0.221 e. The quantitative estimate of drug-likeness (QED) is 0.914. The summed E-state index contributed by atoms with van der Waals surface area (Å²) >= 11 is 0. The molecule has 0 saturated carbocycles. The Morgan fingerprint density at radius 1 is 1.55 bits per heavy atom. The number of likely N-dealkylation sites (tertiary alicyclic amines) is 1. The van der Waals surface area contributed by atoms with E-state index in [1.54, 1.807) is 6.07 Å². The lowest BCUT2D eigenvalue weighted by Gasteiger charge is -2.37. The van der Waals surface area contributed by atoms with Crippen molar-refractivity contribution in [1.29, 1.82) is 5.26 Å². The van der Waals surface area contributed by atoms with Crippen LogP contribution in [0.2, 0.25) is 0 Å². The number of nitriles is 1. The molecular weight excluding hydrogens is 257 g/mol. The molecule has 0 bridgehead atoms. The molecule has 2 N–H and O–H groups in total. The van der Waals surface area contributed by atoms with Gasteiger partial charge < -0.3 is 5.73 Å². The molecule has 2 rings (SSSR count). The van der Waals surface area contributed by atoms with Crippen molar-refractivity contribution in [2.75, 3.05) is 6.54 Å². The van der Waals surface area contributed by atoms with E-state index in [2.05, 4.69) is 11.8 Å². The highest BCUT2D eigenvalue weighted by atomic mass is 19.1. The van der Waals surface area contributed by atoms with E-state index in [1.807, 2.05) is 6.07 Å². The fraction of sp³-hybridized carbons (Fsp3) is 0.467. The molecule has 1 aromatic rings. The molecule has 1 aliphatic heterocycles. The lowest BCUT2D eigenvalue weighted by atomic mass is 9.92. The third-order valence-corrected chi connectivity index (χ3v) is 3.98. The SMILES string of the molecule is C[C@H]1CC[C@@H](C(N)=O)CN1Cc1ccc(F)cc1C#N. The molecule has 1 fully saturated rings. The third-order valence-electron chi connectivity index (χ3n) is 3.98. The molecule has 0 aromatic heterocycles. The number of rotatable bonds is 3. The van der Waals surface area contributed by atoms with E-state index in [0.717, 1.165) is 18.4 Å². The van der Waals surface area contributed by atoms with Gasteiger partial charge in [0.05, 0.1) is 17.6 Å². The van der Waals surface area contributed by atoms with Crippen LogP contribution in [0.4, 0.5) is 4.39 Å². The number of hydrogen-bond donors (Lipinski definition) is 1. The topological polar surface area (TPSA) is 70.1 Å². The Balaban J connectivity index is 2.16. The minimum Gasteiger partial charge on any atom is -0.369 e. The van der Waals surface area contributed by atoms with E-state index in [0.29, 0.717) is 24.7 Å². The van der Waals surface area contributed by atoms with E-state index < -0.39 is 5.82 Å². The Morgan fingerprint density at radius 3 is 2.95 bits per heavy atom. The Labute approximate surface area is 118 Å². The van der Waals surface area contributed by atoms with Gasteiger partial charge in [0.1, 0.15) is 5.82 Å². The summed E-state index contributed by atoms with van der Waals surface area (Å²) in [6.07, 6.45) is 1.71. The minimum atomic E-state index is -0.410. The van der Waals surface area contributed by atoms with Gasteiger partial charge in [0.15, 0.2) is 0 Å². The fourth-order valence-corrected chi connectivity index (χ4v) is 2.64. The molecular formula is C15H18FN3O. The highest BCUT2D eigenvalue weighted by Gasteiger charge is 2.28. The summed E-state index contributed by atoms with van der Waals surface area (Å²) in [5, 5.41) is 9.07. The van der Waals surface area contributed by atoms with Crippen molar-refractivity contribution >= 4 is 5.91 Å². The standard InChI is InChI=1S/C15H18FN3O/c1-10-2-3-12(15(18)20)9-19(10)8-11-4-5-14(16)6-13(11)7-17/h4-6,10,12H,2-3,8-9H2,1H3,(H2,18,20)/t10-,12+/m0/s1. The van der Waals surface area contributed by atoms with Gasteiger partial charge in [-0.05, 0) is 37.5 Å². The van der Waals surface area contributed by atoms with Crippen LogP contribution in [0.3, 0.4) is 0 Å². The van der Waals surface area contributed by atoms with Gasteiger partial charge in [-0.1, -0.05) is 6.07 Å². The van der Waals surface area contributed by atoms with Crippen LogP contribution in [0, 0.1) is 23.1 Å². The van der Waals surface area contributed by atoms with Gasteiger partial charge in [-0.3, -0.25) is 9.69 Å². The maximum absolute atomic E-state index is 13.1. The molecule has 1 amide bonds. The summed E-state index contributed by atoms with van der Waals surface area (Å²) < 4.78 is 13.1. The maximum Gasteiger partial charge on any atom is 0.221 e. The zero-order valence-corrected chi connectivity index (χ0v) is 11.5. The summed E-state index contributed by atoms with van der Waals surface area (Å²) in [4.78, 5) is 13.5. The number of piperidine rings is 1. The fourth-order valence-electron chi connectivity index (χ4n) is 2.64. The van der Waals surface area contributed by atoms with Crippen LogP contribution in [-0.2, 0) is 11.3 Å². The second-order valence-electron chi connectivity index (χ2n) is 5.37. The van der Waals surface area contributed by atoms with Crippen molar-refractivity contribution in [3.63, 3.8) is 0 Å². The molecule has 0 aliphatic carbocycles. The number of nitrogens with two attached hydrogens (primary N) is 1. The predicted octanol–water partition coefficient (Wildman–Crippen LogP) is 1.78. The van der Waals surface area contributed by atoms with Gasteiger partial charge in [0.2, 0.25) is 5.91 Å². The highest BCUT2D eigenvalue weighted by molar-refractivity contribution is 5.77. The molecule has 5 heteroatoms. The van der Waals surface area contributed by atoms with Crippen LogP contribution in [0.25, 0.3) is 0 Å². The van der Waals surface area contributed by atoms with E-state index in [1.165, 1.54) is 12.1 Å². The zero-order valence-electron chi connectivity index (χ0n) is 11.5. The molecule has 106 valence electrons. The van der Waals surface area contributed by atoms with E-state index >= 15 is 0 Å². The average Bonchev–Trinajstić information content (AvgIpc) is 2.42. The molecule has 4 nitrogen and oxygen atoms in total. The van der Waals surface area contributed by atoms with Crippen LogP contribution in [0.5, 0.6) is 0 Å². The summed E-state index contributed by atoms with van der Waals surface area (Å²) in [5.74, 6) is -0.828. The van der Waals surface area contributed by atoms with Crippen LogP contribution in [0.1, 0.15) is 30.9 Å². The van der Waals surface area contributed by atoms with Crippen molar-refractivity contribution in [2.24, 2.45) is 11.7 Å². The number of benzene rings is 1. The first-order chi connectivity index (χ1) is 9.51. The van der Waals surface area contributed by atoms with Crippen molar-refractivity contribution < 1.29 is 9.18 Å². The van der Waals surface area contributed by atoms with E-state index in [-0.39, 0.29) is 11.8 Å². The normalized spacial score (nSPS) is 23.2. The van der Waals surface area contributed by atoms with Crippen LogP contribution in [0.15, 0.2) is 18.2 Å². The summed E-state index contributed by atoms with van der Waals surface area (Å²) in [6, 6.07) is 6.57. The van der Waals surface area contributed by atoms with Crippen LogP contribution in [-0.4, -0.2) is 23.4 Å². The number of carbonyl (C=O) groups is 1. The van der Waals surface area contributed by atoms with Gasteiger partial charge in [0.25, 0.3) is 0 Å². The van der Waals surface area contributed by atoms with E-state index in [4.69, 9.17) is 11.0 Å². The Hall–Kier alpha value is -1.93. The third kappa shape index (κ3) is 3.14. The molecule has 0 spiro atoms. The van der Waals surface area contributed by atoms with Crippen molar-refractivity contribution in [3.05, 3.63) is 35.1 Å².